The first-order valence-corrected chi connectivity index (χ1v) is 20.2. The maximum atomic E-state index is 14.0. The summed E-state index contributed by atoms with van der Waals surface area (Å²) in [6, 6.07) is 28.7. The standard InChI is InChI=1S/C45H46N8O6/c1-58-44(56)50-34-20-16-31-17-21-39(53(31)43(34)55)41-47-33-19-15-30(25-36(33)49-41)28-12-10-27(11-13-28)29-14-18-32-35(24-29)48-40(46-32)38-9-6-22-52(38)42(54)37(51-45(57)59-2)23-26-7-4-3-5-8-26/h3-5,7-8,10-15,18-19,24-25,31,34,37-39H,6,9,16-17,20-23H2,1-2H3,(H,46,48)(H,47,49)(H,50,56)(H,51,57)/t31-,34-,37+,38-,39-/m0/s1. The number of likely N-dealkylation sites (tertiary alicyclic amines) is 1. The van der Waals surface area contributed by atoms with Gasteiger partial charge in [0.15, 0.2) is 0 Å². The van der Waals surface area contributed by atoms with Gasteiger partial charge in [-0.2, -0.15) is 0 Å². The number of hydrogen-bond donors (Lipinski definition) is 4. The van der Waals surface area contributed by atoms with Gasteiger partial charge in [-0.1, -0.05) is 66.7 Å². The Morgan fingerprint density at radius 1 is 0.729 bits per heavy atom. The lowest BCUT2D eigenvalue weighted by Crippen LogP contribution is -2.54. The number of nitrogens with zero attached hydrogens (tertiary/aromatic N) is 4. The van der Waals surface area contributed by atoms with Gasteiger partial charge in [-0.05, 0) is 90.6 Å². The molecule has 0 radical (unpaired) electrons. The Hall–Kier alpha value is -6.70. The zero-order chi connectivity index (χ0) is 40.6. The summed E-state index contributed by atoms with van der Waals surface area (Å²) in [5.41, 5.74) is 8.54. The van der Waals surface area contributed by atoms with Gasteiger partial charge in [0.2, 0.25) is 11.8 Å². The lowest BCUT2D eigenvalue weighted by atomic mass is 9.98. The number of ether oxygens (including phenoxy) is 2. The highest BCUT2D eigenvalue weighted by Gasteiger charge is 2.45. The van der Waals surface area contributed by atoms with Crippen LogP contribution in [0.2, 0.25) is 0 Å². The number of piperidine rings is 1. The van der Waals surface area contributed by atoms with Gasteiger partial charge in [-0.15, -0.1) is 0 Å². The Morgan fingerprint density at radius 2 is 1.32 bits per heavy atom. The molecule has 0 spiro atoms. The van der Waals surface area contributed by atoms with E-state index in [1.807, 2.05) is 52.3 Å². The maximum Gasteiger partial charge on any atom is 0.407 e. The first-order valence-electron chi connectivity index (χ1n) is 20.2. The largest absolute Gasteiger partial charge is 0.453 e. The summed E-state index contributed by atoms with van der Waals surface area (Å²) < 4.78 is 9.60. The van der Waals surface area contributed by atoms with E-state index in [-0.39, 0.29) is 29.9 Å². The number of carbonyl (C=O) groups excluding carboxylic acids is 4. The number of aromatic nitrogens is 4. The summed E-state index contributed by atoms with van der Waals surface area (Å²) in [5.74, 6) is 1.23. The van der Waals surface area contributed by atoms with Crippen molar-refractivity contribution in [2.75, 3.05) is 20.8 Å². The molecule has 4 aromatic carbocycles. The van der Waals surface area contributed by atoms with Crippen LogP contribution >= 0.6 is 0 Å². The van der Waals surface area contributed by atoms with E-state index in [0.717, 1.165) is 93.6 Å². The first-order chi connectivity index (χ1) is 28.8. The van der Waals surface area contributed by atoms with E-state index in [9.17, 15) is 19.2 Å². The Labute approximate surface area is 340 Å². The molecule has 0 saturated carbocycles. The van der Waals surface area contributed by atoms with Gasteiger partial charge in [0.05, 0.1) is 48.4 Å². The van der Waals surface area contributed by atoms with Crippen molar-refractivity contribution in [1.82, 2.24) is 40.4 Å². The van der Waals surface area contributed by atoms with Crippen molar-refractivity contribution in [3.63, 3.8) is 0 Å². The zero-order valence-corrected chi connectivity index (χ0v) is 32.9. The van der Waals surface area contributed by atoms with Gasteiger partial charge in [0.25, 0.3) is 0 Å². The first kappa shape index (κ1) is 37.9. The number of methoxy groups -OCH3 is 2. The maximum absolute atomic E-state index is 14.0. The topological polar surface area (TPSA) is 175 Å². The molecule has 0 unspecified atom stereocenters. The highest BCUT2D eigenvalue weighted by molar-refractivity contribution is 5.89. The van der Waals surface area contributed by atoms with Crippen molar-refractivity contribution in [3.8, 4) is 22.3 Å². The van der Waals surface area contributed by atoms with Gasteiger partial charge >= 0.3 is 12.2 Å². The van der Waals surface area contributed by atoms with Gasteiger partial charge in [-0.3, -0.25) is 9.59 Å². The molecule has 0 bridgehead atoms. The summed E-state index contributed by atoms with van der Waals surface area (Å²) in [4.78, 5) is 72.1. The number of carbonyl (C=O) groups is 4. The van der Waals surface area contributed by atoms with E-state index < -0.39 is 24.3 Å². The third-order valence-electron chi connectivity index (χ3n) is 12.1. The second kappa shape index (κ2) is 15.9. The van der Waals surface area contributed by atoms with E-state index in [2.05, 4.69) is 69.1 Å². The molecule has 14 heteroatoms. The number of rotatable bonds is 9. The molecule has 302 valence electrons. The van der Waals surface area contributed by atoms with E-state index in [0.29, 0.717) is 19.4 Å². The smallest absolute Gasteiger partial charge is 0.407 e. The molecule has 3 fully saturated rings. The fourth-order valence-electron chi connectivity index (χ4n) is 9.12. The number of nitrogens with one attached hydrogen (secondary N) is 4. The highest BCUT2D eigenvalue weighted by Crippen LogP contribution is 2.41. The molecule has 5 heterocycles. The molecular formula is C45H46N8O6. The third-order valence-corrected chi connectivity index (χ3v) is 12.1. The van der Waals surface area contributed by atoms with E-state index in [4.69, 9.17) is 19.4 Å². The Balaban J connectivity index is 0.902. The van der Waals surface area contributed by atoms with Crippen LogP contribution in [0.5, 0.6) is 0 Å². The van der Waals surface area contributed by atoms with Crippen molar-refractivity contribution < 1.29 is 28.7 Å². The van der Waals surface area contributed by atoms with Crippen LogP contribution in [-0.2, 0) is 25.5 Å². The number of benzene rings is 4. The quantitative estimate of drug-likeness (QED) is 0.122. The summed E-state index contributed by atoms with van der Waals surface area (Å²) >= 11 is 0. The minimum atomic E-state index is -0.775. The number of imidazole rings is 2. The van der Waals surface area contributed by atoms with Crippen LogP contribution in [0, 0.1) is 0 Å². The number of H-pyrrole nitrogens is 2. The van der Waals surface area contributed by atoms with Gasteiger partial charge < -0.3 is 39.9 Å². The fourth-order valence-corrected chi connectivity index (χ4v) is 9.12. The van der Waals surface area contributed by atoms with E-state index >= 15 is 0 Å². The van der Waals surface area contributed by atoms with Crippen LogP contribution in [0.25, 0.3) is 44.3 Å². The number of hydrogen-bond acceptors (Lipinski definition) is 8. The molecule has 4 N–H and O–H groups in total. The molecule has 6 aromatic rings. The van der Waals surface area contributed by atoms with Crippen molar-refractivity contribution >= 4 is 46.1 Å². The Bertz CT molecular complexity index is 2530. The van der Waals surface area contributed by atoms with Crippen molar-refractivity contribution in [1.29, 1.82) is 0 Å². The molecule has 3 aliphatic rings. The van der Waals surface area contributed by atoms with Crippen LogP contribution in [0.4, 0.5) is 9.59 Å². The molecule has 2 aromatic heterocycles. The minimum Gasteiger partial charge on any atom is -0.453 e. The lowest BCUT2D eigenvalue weighted by Gasteiger charge is -2.37. The molecule has 0 aliphatic carbocycles. The van der Waals surface area contributed by atoms with Gasteiger partial charge in [0, 0.05) is 19.0 Å². The lowest BCUT2D eigenvalue weighted by molar-refractivity contribution is -0.139. The molecule has 3 aliphatic heterocycles. The Morgan fingerprint density at radius 3 is 1.95 bits per heavy atom. The van der Waals surface area contributed by atoms with E-state index in [1.54, 1.807) is 0 Å². The van der Waals surface area contributed by atoms with Crippen molar-refractivity contribution in [3.05, 3.63) is 108 Å². The number of alkyl carbamates (subject to hydrolysis) is 2. The average molecular weight is 795 g/mol. The SMILES string of the molecule is COC(=O)N[C@H]1CC[C@H]2CC[C@@H](c3nc4ccc(-c5ccc(-c6ccc7nc([C@@H]8CCCN8C(=O)[C@@H](Cc8ccccc8)NC(=O)OC)[nH]c7c6)cc5)cc4[nH]3)N2C1=O. The molecular weight excluding hydrogens is 749 g/mol. The monoisotopic (exact) mass is 794 g/mol. The summed E-state index contributed by atoms with van der Waals surface area (Å²) in [6.45, 7) is 0.569. The fraction of sp³-hybridized carbons (Fsp3) is 0.333. The predicted octanol–water partition coefficient (Wildman–Crippen LogP) is 6.95. The van der Waals surface area contributed by atoms with E-state index in [1.165, 1.54) is 14.2 Å². The second-order valence-electron chi connectivity index (χ2n) is 15.6. The van der Waals surface area contributed by atoms with Gasteiger partial charge in [0.1, 0.15) is 23.7 Å². The van der Waals surface area contributed by atoms with Gasteiger partial charge in [-0.25, -0.2) is 19.6 Å². The zero-order valence-electron chi connectivity index (χ0n) is 32.9. The van der Waals surface area contributed by atoms with Crippen molar-refractivity contribution in [2.45, 2.75) is 75.2 Å². The number of amides is 4. The average Bonchev–Trinajstić information content (AvgIpc) is 4.09. The normalized spacial score (nSPS) is 20.7. The number of fused-ring (bicyclic) bond motifs is 3. The van der Waals surface area contributed by atoms with Crippen LogP contribution < -0.4 is 10.6 Å². The Kier molecular flexibility index (Phi) is 10.2. The second-order valence-corrected chi connectivity index (χ2v) is 15.6. The van der Waals surface area contributed by atoms with Crippen molar-refractivity contribution in [2.24, 2.45) is 0 Å². The molecule has 5 atom stereocenters. The molecule has 59 heavy (non-hydrogen) atoms. The van der Waals surface area contributed by atoms with Crippen LogP contribution in [0.3, 0.4) is 0 Å². The van der Waals surface area contributed by atoms with Crippen LogP contribution in [0.15, 0.2) is 91.0 Å². The summed E-state index contributed by atoms with van der Waals surface area (Å²) in [6.07, 6.45) is 3.83. The summed E-state index contributed by atoms with van der Waals surface area (Å²) in [7, 11) is 2.59. The molecule has 3 saturated heterocycles. The molecule has 4 amide bonds. The van der Waals surface area contributed by atoms with Crippen LogP contribution in [-0.4, -0.2) is 92.6 Å². The highest BCUT2D eigenvalue weighted by atomic mass is 16.5. The molecule has 9 rings (SSSR count). The minimum absolute atomic E-state index is 0.0888. The number of aromatic amines is 2. The van der Waals surface area contributed by atoms with Crippen LogP contribution in [0.1, 0.15) is 67.8 Å². The predicted molar refractivity (Wildman–Crippen MR) is 221 cm³/mol. The summed E-state index contributed by atoms with van der Waals surface area (Å²) in [5, 5.41) is 5.45. The third kappa shape index (κ3) is 7.46. The molecule has 14 nitrogen and oxygen atoms in total.